The van der Waals surface area contributed by atoms with Gasteiger partial charge in [0, 0.05) is 36.7 Å². The van der Waals surface area contributed by atoms with Crippen LogP contribution >= 0.6 is 0 Å². The Kier molecular flexibility index (Phi) is 4.89. The van der Waals surface area contributed by atoms with Crippen molar-refractivity contribution >= 4 is 16.9 Å². The largest absolute Gasteiger partial charge is 0.369 e. The lowest BCUT2D eigenvalue weighted by Crippen LogP contribution is -2.37. The molecule has 1 aliphatic rings. The molecule has 1 fully saturated rings. The smallest absolute Gasteiger partial charge is 0.267 e. The molecule has 0 radical (unpaired) electrons. The average Bonchev–Trinajstić information content (AvgIpc) is 3.10. The fraction of sp³-hybridized carbons (Fsp3) is 0.154. The molecule has 2 aromatic carbocycles. The van der Waals surface area contributed by atoms with E-state index in [9.17, 15) is 9.90 Å². The van der Waals surface area contributed by atoms with Crippen LogP contribution in [0.15, 0.2) is 73.1 Å². The van der Waals surface area contributed by atoms with Crippen molar-refractivity contribution in [2.24, 2.45) is 0 Å². The van der Waals surface area contributed by atoms with Gasteiger partial charge in [-0.1, -0.05) is 54.3 Å². The van der Waals surface area contributed by atoms with Crippen LogP contribution in [0.3, 0.4) is 0 Å². The van der Waals surface area contributed by atoms with Crippen molar-refractivity contribution in [3.8, 4) is 34.4 Å². The first kappa shape index (κ1) is 19.9. The van der Waals surface area contributed by atoms with Crippen molar-refractivity contribution in [1.82, 2.24) is 19.9 Å². The van der Waals surface area contributed by atoms with Crippen LogP contribution in [-0.2, 0) is 4.79 Å². The Morgan fingerprint density at radius 2 is 1.81 bits per heavy atom. The van der Waals surface area contributed by atoms with Crippen LogP contribution in [-0.4, -0.2) is 50.1 Å². The second-order valence-corrected chi connectivity index (χ2v) is 7.82. The molecule has 1 amide bonds. The minimum absolute atomic E-state index is 0.309. The third-order valence-corrected chi connectivity index (χ3v) is 5.61. The second-order valence-electron chi connectivity index (χ2n) is 7.82. The number of likely N-dealkylation sites (N-methyl/N-ethyl adjacent to an activating group) is 1. The SMILES string of the molecule is CN1CC[C@@](O)(C#Cc2cccc(-c3ccc4ncnc(-c5ccccc5)c4n3)c2)C1=O. The number of aliphatic hydroxyl groups is 1. The number of rotatable bonds is 2. The number of nitrogens with zero attached hydrogens (tertiary/aromatic N) is 4. The topological polar surface area (TPSA) is 79.2 Å². The minimum Gasteiger partial charge on any atom is -0.369 e. The van der Waals surface area contributed by atoms with Crippen LogP contribution < -0.4 is 0 Å². The van der Waals surface area contributed by atoms with Gasteiger partial charge in [0.1, 0.15) is 11.8 Å². The van der Waals surface area contributed by atoms with E-state index in [1.54, 1.807) is 13.4 Å². The van der Waals surface area contributed by atoms with E-state index in [1.807, 2.05) is 66.7 Å². The Hall–Kier alpha value is -4.08. The van der Waals surface area contributed by atoms with E-state index >= 15 is 0 Å². The molecular weight excluding hydrogens is 400 g/mol. The highest BCUT2D eigenvalue weighted by Gasteiger charge is 2.42. The maximum absolute atomic E-state index is 12.2. The molecular formula is C26H20N4O2. The lowest BCUT2D eigenvalue weighted by molar-refractivity contribution is -0.137. The van der Waals surface area contributed by atoms with Gasteiger partial charge in [-0.25, -0.2) is 15.0 Å². The summed E-state index contributed by atoms with van der Waals surface area (Å²) in [5, 5.41) is 10.5. The van der Waals surface area contributed by atoms with E-state index in [0.29, 0.717) is 18.5 Å². The molecule has 0 unspecified atom stereocenters. The summed E-state index contributed by atoms with van der Waals surface area (Å²) >= 11 is 0. The fourth-order valence-electron chi connectivity index (χ4n) is 3.81. The van der Waals surface area contributed by atoms with Gasteiger partial charge in [-0.05, 0) is 24.3 Å². The number of hydrogen-bond donors (Lipinski definition) is 1. The van der Waals surface area contributed by atoms with Crippen LogP contribution in [0.4, 0.5) is 0 Å². The highest BCUT2D eigenvalue weighted by molar-refractivity contribution is 5.91. The summed E-state index contributed by atoms with van der Waals surface area (Å²) in [5.41, 5.74) is 3.97. The standard InChI is InChI=1S/C26H20N4O2/c1-30-15-14-26(32,25(30)31)13-12-18-6-5-9-20(16-18)21-10-11-22-24(29-21)23(28-17-27-22)19-7-3-2-4-8-19/h2-11,16-17,32H,14-15H2,1H3/t26-/m0/s1. The van der Waals surface area contributed by atoms with Gasteiger partial charge in [0.2, 0.25) is 5.60 Å². The zero-order chi connectivity index (χ0) is 22.1. The minimum atomic E-state index is -1.62. The number of fused-ring (bicyclic) bond motifs is 1. The molecule has 1 saturated heterocycles. The molecule has 32 heavy (non-hydrogen) atoms. The molecule has 2 aromatic heterocycles. The lowest BCUT2D eigenvalue weighted by Gasteiger charge is -2.13. The molecule has 0 aliphatic carbocycles. The zero-order valence-electron chi connectivity index (χ0n) is 17.5. The monoisotopic (exact) mass is 420 g/mol. The molecule has 3 heterocycles. The van der Waals surface area contributed by atoms with Crippen molar-refractivity contribution in [2.45, 2.75) is 12.0 Å². The van der Waals surface area contributed by atoms with Gasteiger partial charge in [-0.3, -0.25) is 4.79 Å². The number of aromatic nitrogens is 3. The van der Waals surface area contributed by atoms with Crippen molar-refractivity contribution in [2.75, 3.05) is 13.6 Å². The van der Waals surface area contributed by atoms with Crippen molar-refractivity contribution in [3.05, 3.63) is 78.6 Å². The molecule has 4 aromatic rings. The van der Waals surface area contributed by atoms with Crippen molar-refractivity contribution in [3.63, 3.8) is 0 Å². The molecule has 6 nitrogen and oxygen atoms in total. The van der Waals surface area contributed by atoms with Crippen molar-refractivity contribution < 1.29 is 9.90 Å². The summed E-state index contributed by atoms with van der Waals surface area (Å²) in [6, 6.07) is 21.3. The first-order valence-electron chi connectivity index (χ1n) is 10.3. The average molecular weight is 420 g/mol. The van der Waals surface area contributed by atoms with Crippen LogP contribution in [0.25, 0.3) is 33.5 Å². The summed E-state index contributed by atoms with van der Waals surface area (Å²) in [4.78, 5) is 27.3. The van der Waals surface area contributed by atoms with E-state index < -0.39 is 5.60 Å². The highest BCUT2D eigenvalue weighted by Crippen LogP contribution is 2.27. The van der Waals surface area contributed by atoms with E-state index in [-0.39, 0.29) is 5.91 Å². The predicted octanol–water partition coefficient (Wildman–Crippen LogP) is 3.30. The Balaban J connectivity index is 1.53. The Morgan fingerprint density at radius 3 is 2.59 bits per heavy atom. The van der Waals surface area contributed by atoms with Crippen molar-refractivity contribution in [1.29, 1.82) is 0 Å². The summed E-state index contributed by atoms with van der Waals surface area (Å²) < 4.78 is 0. The van der Waals surface area contributed by atoms with Gasteiger partial charge < -0.3 is 10.0 Å². The zero-order valence-corrected chi connectivity index (χ0v) is 17.5. The number of hydrogen-bond acceptors (Lipinski definition) is 5. The van der Waals surface area contributed by atoms with Gasteiger partial charge in [-0.15, -0.1) is 0 Å². The maximum atomic E-state index is 12.2. The Labute approximate surface area is 185 Å². The van der Waals surface area contributed by atoms with Crippen LogP contribution in [0.5, 0.6) is 0 Å². The van der Waals surface area contributed by atoms with E-state index in [2.05, 4.69) is 21.8 Å². The van der Waals surface area contributed by atoms with Gasteiger partial charge in [0.05, 0.1) is 16.9 Å². The first-order valence-corrected chi connectivity index (χ1v) is 10.3. The number of carbonyl (C=O) groups excluding carboxylic acids is 1. The molecule has 1 atom stereocenters. The van der Waals surface area contributed by atoms with Gasteiger partial charge >= 0.3 is 0 Å². The predicted molar refractivity (Wildman–Crippen MR) is 122 cm³/mol. The number of amides is 1. The number of likely N-dealkylation sites (tertiary alicyclic amines) is 1. The lowest BCUT2D eigenvalue weighted by atomic mass is 10.0. The van der Waals surface area contributed by atoms with Crippen LogP contribution in [0, 0.1) is 11.8 Å². The van der Waals surface area contributed by atoms with E-state index in [4.69, 9.17) is 4.98 Å². The first-order chi connectivity index (χ1) is 15.5. The molecule has 156 valence electrons. The third-order valence-electron chi connectivity index (χ3n) is 5.61. The molecule has 1 N–H and O–H groups in total. The van der Waals surface area contributed by atoms with Gasteiger partial charge in [-0.2, -0.15) is 0 Å². The molecule has 0 bridgehead atoms. The number of pyridine rings is 1. The summed E-state index contributed by atoms with van der Waals surface area (Å²) in [6.07, 6.45) is 1.86. The molecule has 0 spiro atoms. The Bertz CT molecular complexity index is 1390. The number of benzene rings is 2. The summed E-state index contributed by atoms with van der Waals surface area (Å²) in [7, 11) is 1.67. The Morgan fingerprint density at radius 1 is 1.00 bits per heavy atom. The van der Waals surface area contributed by atoms with E-state index in [1.165, 1.54) is 4.90 Å². The maximum Gasteiger partial charge on any atom is 0.267 e. The normalized spacial score (nSPS) is 17.9. The van der Waals surface area contributed by atoms with E-state index in [0.717, 1.165) is 33.5 Å². The second kappa shape index (κ2) is 7.88. The third kappa shape index (κ3) is 3.59. The molecule has 6 heteroatoms. The molecule has 1 aliphatic heterocycles. The molecule has 0 saturated carbocycles. The van der Waals surface area contributed by atoms with Crippen LogP contribution in [0.2, 0.25) is 0 Å². The number of carbonyl (C=O) groups is 1. The fourth-order valence-corrected chi connectivity index (χ4v) is 3.81. The van der Waals surface area contributed by atoms with Gasteiger partial charge in [0.15, 0.2) is 0 Å². The van der Waals surface area contributed by atoms with Gasteiger partial charge in [0.25, 0.3) is 5.91 Å². The quantitative estimate of drug-likeness (QED) is 0.504. The highest BCUT2D eigenvalue weighted by atomic mass is 16.3. The summed E-state index contributed by atoms with van der Waals surface area (Å²) in [6.45, 7) is 0.497. The summed E-state index contributed by atoms with van der Waals surface area (Å²) in [5.74, 6) is 5.37. The molecule has 5 rings (SSSR count). The van der Waals surface area contributed by atoms with Crippen LogP contribution in [0.1, 0.15) is 12.0 Å².